The molecule has 7 nitrogen and oxygen atoms in total. The van der Waals surface area contributed by atoms with Crippen LogP contribution in [-0.2, 0) is 11.3 Å². The van der Waals surface area contributed by atoms with Crippen LogP contribution in [0, 0.1) is 5.82 Å². The molecule has 1 atom stereocenters. The first kappa shape index (κ1) is 22.7. The number of benzene rings is 2. The number of rotatable bonds is 8. The lowest BCUT2D eigenvalue weighted by Gasteiger charge is -2.31. The van der Waals surface area contributed by atoms with E-state index in [1.54, 1.807) is 32.2 Å². The number of nitrogens with two attached hydrogens (primary N) is 1. The number of anilines is 2. The monoisotopic (exact) mass is 445 g/mol. The van der Waals surface area contributed by atoms with Crippen LogP contribution < -0.4 is 15.8 Å². The molecule has 0 fully saturated rings. The molecule has 0 unspecified atom stereocenters. The molecule has 1 amide bonds. The zero-order valence-electron chi connectivity index (χ0n) is 17.8. The predicted molar refractivity (Wildman–Crippen MR) is 120 cm³/mol. The number of amides is 1. The van der Waals surface area contributed by atoms with Gasteiger partial charge in [0.05, 0.1) is 29.4 Å². The largest absolute Gasteiger partial charge is 0.496 e. The van der Waals surface area contributed by atoms with Gasteiger partial charge in [0.2, 0.25) is 5.91 Å². The van der Waals surface area contributed by atoms with Gasteiger partial charge in [0.25, 0.3) is 0 Å². The molecule has 3 N–H and O–H groups in total. The molecule has 9 heteroatoms. The number of fused-ring (bicyclic) bond motifs is 1. The van der Waals surface area contributed by atoms with E-state index < -0.39 is 17.8 Å². The molecule has 0 saturated carbocycles. The van der Waals surface area contributed by atoms with Gasteiger partial charge in [-0.3, -0.25) is 9.69 Å². The Balaban J connectivity index is 2.07. The van der Waals surface area contributed by atoms with Crippen LogP contribution in [0.5, 0.6) is 5.75 Å². The molecule has 31 heavy (non-hydrogen) atoms. The minimum absolute atomic E-state index is 0.0127. The number of primary amides is 1. The summed E-state index contributed by atoms with van der Waals surface area (Å²) in [5.74, 6) is 0.0732. The molecule has 0 aliphatic carbocycles. The van der Waals surface area contributed by atoms with E-state index >= 15 is 0 Å². The molecular weight excluding hydrogens is 421 g/mol. The highest BCUT2D eigenvalue weighted by atomic mass is 35.5. The van der Waals surface area contributed by atoms with Crippen molar-refractivity contribution in [3.05, 3.63) is 53.1 Å². The van der Waals surface area contributed by atoms with Crippen molar-refractivity contribution in [2.24, 2.45) is 5.73 Å². The number of halogens is 2. The van der Waals surface area contributed by atoms with Gasteiger partial charge in [-0.2, -0.15) is 0 Å². The van der Waals surface area contributed by atoms with Crippen LogP contribution in [0.2, 0.25) is 5.02 Å². The summed E-state index contributed by atoms with van der Waals surface area (Å²) < 4.78 is 20.0. The van der Waals surface area contributed by atoms with Crippen LogP contribution in [-0.4, -0.2) is 40.0 Å². The second-order valence-corrected chi connectivity index (χ2v) is 7.88. The second kappa shape index (κ2) is 9.45. The highest BCUT2D eigenvalue weighted by Crippen LogP contribution is 2.32. The van der Waals surface area contributed by atoms with Crippen molar-refractivity contribution in [3.8, 4) is 5.75 Å². The van der Waals surface area contributed by atoms with E-state index in [9.17, 15) is 9.18 Å². The van der Waals surface area contributed by atoms with E-state index in [0.29, 0.717) is 29.0 Å². The lowest BCUT2D eigenvalue weighted by atomic mass is 10.1. The van der Waals surface area contributed by atoms with Gasteiger partial charge in [-0.1, -0.05) is 17.7 Å². The average molecular weight is 446 g/mol. The first-order valence-corrected chi connectivity index (χ1v) is 10.2. The Morgan fingerprint density at radius 2 is 2.03 bits per heavy atom. The summed E-state index contributed by atoms with van der Waals surface area (Å²) in [4.78, 5) is 22.4. The Hall–Kier alpha value is -2.97. The topological polar surface area (TPSA) is 93.4 Å². The van der Waals surface area contributed by atoms with Crippen LogP contribution in [0.15, 0.2) is 36.7 Å². The third kappa shape index (κ3) is 4.86. The molecule has 0 radical (unpaired) electrons. The number of hydrogen-bond acceptors (Lipinski definition) is 6. The van der Waals surface area contributed by atoms with Crippen molar-refractivity contribution in [1.82, 2.24) is 14.9 Å². The summed E-state index contributed by atoms with van der Waals surface area (Å²) in [7, 11) is 1.57. The van der Waals surface area contributed by atoms with Gasteiger partial charge in [0, 0.05) is 29.6 Å². The third-order valence-electron chi connectivity index (χ3n) is 5.17. The fourth-order valence-corrected chi connectivity index (χ4v) is 3.57. The number of carbonyl (C=O) groups is 1. The number of carbonyl (C=O) groups excluding carboxylic acids is 1. The number of methoxy groups -OCH3 is 1. The molecule has 0 spiro atoms. The van der Waals surface area contributed by atoms with Crippen LogP contribution in [0.3, 0.4) is 0 Å². The average Bonchev–Trinajstić information content (AvgIpc) is 2.74. The van der Waals surface area contributed by atoms with Crippen LogP contribution in [0.4, 0.5) is 15.9 Å². The zero-order chi connectivity index (χ0) is 22.7. The third-order valence-corrected chi connectivity index (χ3v) is 5.46. The lowest BCUT2D eigenvalue weighted by molar-refractivity contribution is -0.123. The number of hydrogen-bond donors (Lipinski definition) is 2. The molecule has 1 heterocycles. The second-order valence-electron chi connectivity index (χ2n) is 7.47. The number of aromatic nitrogens is 2. The lowest BCUT2D eigenvalue weighted by Crippen LogP contribution is -2.45. The van der Waals surface area contributed by atoms with Crippen LogP contribution in [0.1, 0.15) is 26.3 Å². The quantitative estimate of drug-likeness (QED) is 0.538. The number of nitrogens with zero attached hydrogens (tertiary/aromatic N) is 3. The van der Waals surface area contributed by atoms with Crippen LogP contribution >= 0.6 is 11.6 Å². The molecule has 0 saturated heterocycles. The van der Waals surface area contributed by atoms with Gasteiger partial charge in [-0.15, -0.1) is 0 Å². The van der Waals surface area contributed by atoms with Crippen molar-refractivity contribution >= 4 is 39.9 Å². The van der Waals surface area contributed by atoms with E-state index in [1.165, 1.54) is 12.4 Å². The minimum Gasteiger partial charge on any atom is -0.496 e. The molecule has 3 rings (SSSR count). The molecule has 164 valence electrons. The summed E-state index contributed by atoms with van der Waals surface area (Å²) in [6.45, 7) is 6.17. The van der Waals surface area contributed by atoms with Crippen molar-refractivity contribution in [3.63, 3.8) is 0 Å². The molecule has 0 aliphatic heterocycles. The highest BCUT2D eigenvalue weighted by Gasteiger charge is 2.24. The normalized spacial score (nSPS) is 12.4. The van der Waals surface area contributed by atoms with Gasteiger partial charge >= 0.3 is 0 Å². The number of ether oxygens (including phenoxy) is 1. The fourth-order valence-electron chi connectivity index (χ4n) is 3.40. The molecular formula is C22H25ClFN5O2. The van der Waals surface area contributed by atoms with Gasteiger partial charge in [-0.25, -0.2) is 14.4 Å². The molecule has 1 aromatic heterocycles. The van der Waals surface area contributed by atoms with Crippen molar-refractivity contribution in [1.29, 1.82) is 0 Å². The van der Waals surface area contributed by atoms with E-state index in [1.807, 2.05) is 24.8 Å². The van der Waals surface area contributed by atoms with E-state index in [0.717, 1.165) is 5.56 Å². The molecule has 0 bridgehead atoms. The number of nitrogens with one attached hydrogen (secondary N) is 1. The Morgan fingerprint density at radius 3 is 2.68 bits per heavy atom. The van der Waals surface area contributed by atoms with Crippen molar-refractivity contribution in [2.45, 2.75) is 39.4 Å². The van der Waals surface area contributed by atoms with Gasteiger partial charge in [-0.05, 0) is 39.0 Å². The van der Waals surface area contributed by atoms with E-state index in [-0.39, 0.29) is 16.8 Å². The summed E-state index contributed by atoms with van der Waals surface area (Å²) in [5.41, 5.74) is 7.19. The maximum Gasteiger partial charge on any atom is 0.234 e. The minimum atomic E-state index is -0.564. The first-order valence-electron chi connectivity index (χ1n) is 9.80. The molecule has 2 aromatic carbocycles. The summed E-state index contributed by atoms with van der Waals surface area (Å²) in [6, 6.07) is 7.97. The van der Waals surface area contributed by atoms with Gasteiger partial charge in [0.15, 0.2) is 5.82 Å². The van der Waals surface area contributed by atoms with Crippen molar-refractivity contribution in [2.75, 3.05) is 12.4 Å². The maximum absolute atomic E-state index is 14.4. The Labute approximate surface area is 185 Å². The standard InChI is InChI=1S/C22H25ClFN5O2/c1-12(2)29(13(3)21(25)30)10-14-8-15-18(9-19(14)31-4)26-11-27-22(15)28-17-7-5-6-16(23)20(17)24/h5-9,11-13H,10H2,1-4H3,(H2,25,30)(H,26,27,28)/t13-/m1/s1. The highest BCUT2D eigenvalue weighted by molar-refractivity contribution is 6.31. The fraction of sp³-hybridized carbons (Fsp3) is 0.318. The molecule has 3 aromatic rings. The Morgan fingerprint density at radius 1 is 1.29 bits per heavy atom. The Bertz CT molecular complexity index is 1110. The zero-order valence-corrected chi connectivity index (χ0v) is 18.6. The first-order chi connectivity index (χ1) is 14.7. The summed E-state index contributed by atoms with van der Waals surface area (Å²) >= 11 is 5.90. The predicted octanol–water partition coefficient (Wildman–Crippen LogP) is 4.26. The maximum atomic E-state index is 14.4. The summed E-state index contributed by atoms with van der Waals surface area (Å²) in [6.07, 6.45) is 1.39. The Kier molecular flexibility index (Phi) is 6.92. The van der Waals surface area contributed by atoms with Crippen LogP contribution in [0.25, 0.3) is 10.9 Å². The van der Waals surface area contributed by atoms with Gasteiger partial charge < -0.3 is 15.8 Å². The SMILES string of the molecule is COc1cc2ncnc(Nc3cccc(Cl)c3F)c2cc1CN(C(C)C)[C@H](C)C(N)=O. The van der Waals surface area contributed by atoms with E-state index in [4.69, 9.17) is 22.1 Å². The van der Waals surface area contributed by atoms with E-state index in [2.05, 4.69) is 15.3 Å². The van der Waals surface area contributed by atoms with Crippen molar-refractivity contribution < 1.29 is 13.9 Å². The summed E-state index contributed by atoms with van der Waals surface area (Å²) in [5, 5.41) is 3.69. The molecule has 0 aliphatic rings. The van der Waals surface area contributed by atoms with Gasteiger partial charge in [0.1, 0.15) is 17.9 Å². The smallest absolute Gasteiger partial charge is 0.234 e.